The molecular weight excluding hydrogens is 284 g/mol. The number of hydrogen-bond acceptors (Lipinski definition) is 2. The van der Waals surface area contributed by atoms with Crippen LogP contribution in [0.15, 0.2) is 71.8 Å². The highest BCUT2D eigenvalue weighted by Gasteiger charge is 2.06. The van der Waals surface area contributed by atoms with Crippen molar-refractivity contribution in [1.29, 1.82) is 0 Å². The van der Waals surface area contributed by atoms with Gasteiger partial charge in [-0.2, -0.15) is 5.10 Å². The summed E-state index contributed by atoms with van der Waals surface area (Å²) in [5.74, 6) is -0.201. The molecule has 0 saturated heterocycles. The zero-order valence-electron chi connectivity index (χ0n) is 13.2. The lowest BCUT2D eigenvalue weighted by Crippen LogP contribution is -2.19. The first-order valence-electron chi connectivity index (χ1n) is 7.54. The van der Waals surface area contributed by atoms with Crippen LogP contribution in [0.5, 0.6) is 0 Å². The third-order valence-electron chi connectivity index (χ3n) is 3.78. The summed E-state index contributed by atoms with van der Waals surface area (Å²) < 4.78 is 0. The van der Waals surface area contributed by atoms with Crippen LogP contribution in [0.3, 0.4) is 0 Å². The molecule has 0 radical (unpaired) electrons. The molecule has 0 saturated carbocycles. The Bertz CT molecular complexity index is 892. The standard InChI is InChI=1S/C20H18N2O/c1-14-7-5-10-17(13-14)20(23)22-21-15(2)18-12-6-9-16-8-3-4-11-19(16)18/h3-13H,1-2H3,(H,22,23)/b21-15+. The Balaban J connectivity index is 1.86. The quantitative estimate of drug-likeness (QED) is 0.568. The van der Waals surface area contributed by atoms with Crippen LogP contribution >= 0.6 is 0 Å². The normalized spacial score (nSPS) is 11.5. The van der Waals surface area contributed by atoms with Gasteiger partial charge in [0, 0.05) is 11.1 Å². The maximum absolute atomic E-state index is 12.2. The van der Waals surface area contributed by atoms with E-state index < -0.39 is 0 Å². The van der Waals surface area contributed by atoms with Gasteiger partial charge in [0.05, 0.1) is 5.71 Å². The summed E-state index contributed by atoms with van der Waals surface area (Å²) >= 11 is 0. The van der Waals surface area contributed by atoms with Crippen LogP contribution in [0.25, 0.3) is 10.8 Å². The Kier molecular flexibility index (Phi) is 4.20. The molecule has 23 heavy (non-hydrogen) atoms. The van der Waals surface area contributed by atoms with E-state index in [2.05, 4.69) is 28.7 Å². The smallest absolute Gasteiger partial charge is 0.267 e. The van der Waals surface area contributed by atoms with Crippen molar-refractivity contribution in [3.8, 4) is 0 Å². The number of nitrogens with zero attached hydrogens (tertiary/aromatic N) is 1. The minimum Gasteiger partial charge on any atom is -0.267 e. The zero-order valence-corrected chi connectivity index (χ0v) is 13.2. The molecule has 0 spiro atoms. The van der Waals surface area contributed by atoms with Gasteiger partial charge in [0.25, 0.3) is 5.91 Å². The van der Waals surface area contributed by atoms with Crippen molar-refractivity contribution in [1.82, 2.24) is 5.43 Å². The van der Waals surface area contributed by atoms with Gasteiger partial charge >= 0.3 is 0 Å². The maximum atomic E-state index is 12.2. The zero-order chi connectivity index (χ0) is 16.2. The Morgan fingerprint density at radius 1 is 0.957 bits per heavy atom. The number of aryl methyl sites for hydroxylation is 1. The fourth-order valence-corrected chi connectivity index (χ4v) is 2.59. The third kappa shape index (κ3) is 3.29. The highest BCUT2D eigenvalue weighted by atomic mass is 16.2. The molecule has 3 aromatic rings. The van der Waals surface area contributed by atoms with Crippen LogP contribution in [-0.2, 0) is 0 Å². The van der Waals surface area contributed by atoms with Gasteiger partial charge in [-0.3, -0.25) is 4.79 Å². The molecule has 0 unspecified atom stereocenters. The van der Waals surface area contributed by atoms with Crippen LogP contribution in [0.1, 0.15) is 28.4 Å². The number of carbonyl (C=O) groups is 1. The molecule has 3 nitrogen and oxygen atoms in total. The summed E-state index contributed by atoms with van der Waals surface area (Å²) in [5.41, 5.74) is 6.10. The van der Waals surface area contributed by atoms with Crippen molar-refractivity contribution >= 4 is 22.4 Å². The maximum Gasteiger partial charge on any atom is 0.271 e. The van der Waals surface area contributed by atoms with E-state index in [-0.39, 0.29) is 5.91 Å². The number of amides is 1. The van der Waals surface area contributed by atoms with E-state index in [0.717, 1.165) is 27.6 Å². The molecule has 1 amide bonds. The van der Waals surface area contributed by atoms with Crippen LogP contribution in [-0.4, -0.2) is 11.6 Å². The molecule has 3 rings (SSSR count). The lowest BCUT2D eigenvalue weighted by atomic mass is 10.0. The summed E-state index contributed by atoms with van der Waals surface area (Å²) in [5, 5.41) is 6.55. The second-order valence-electron chi connectivity index (χ2n) is 5.53. The first kappa shape index (κ1) is 15.0. The van der Waals surface area contributed by atoms with Crippen molar-refractivity contribution in [2.75, 3.05) is 0 Å². The molecule has 0 aliphatic carbocycles. The number of rotatable bonds is 3. The van der Waals surface area contributed by atoms with E-state index in [4.69, 9.17) is 0 Å². The number of hydrazone groups is 1. The lowest BCUT2D eigenvalue weighted by molar-refractivity contribution is 0.0954. The second kappa shape index (κ2) is 6.44. The van der Waals surface area contributed by atoms with Gasteiger partial charge in [-0.15, -0.1) is 0 Å². The Hall–Kier alpha value is -2.94. The van der Waals surface area contributed by atoms with E-state index in [1.54, 1.807) is 6.07 Å². The van der Waals surface area contributed by atoms with E-state index in [1.165, 1.54) is 0 Å². The molecule has 3 heteroatoms. The minimum atomic E-state index is -0.201. The molecule has 0 atom stereocenters. The fraction of sp³-hybridized carbons (Fsp3) is 0.100. The average Bonchev–Trinajstić information content (AvgIpc) is 2.59. The lowest BCUT2D eigenvalue weighted by Gasteiger charge is -2.07. The molecule has 0 aliphatic heterocycles. The predicted molar refractivity (Wildman–Crippen MR) is 94.8 cm³/mol. The van der Waals surface area contributed by atoms with Gasteiger partial charge in [0.2, 0.25) is 0 Å². The SMILES string of the molecule is C/C(=N\NC(=O)c1cccc(C)c1)c1cccc2ccccc12. The number of carbonyl (C=O) groups excluding carboxylic acids is 1. The molecule has 0 aliphatic rings. The van der Waals surface area contributed by atoms with E-state index in [1.807, 2.05) is 56.3 Å². The topological polar surface area (TPSA) is 41.5 Å². The largest absolute Gasteiger partial charge is 0.271 e. The van der Waals surface area contributed by atoms with Gasteiger partial charge in [-0.1, -0.05) is 60.2 Å². The molecular formula is C20H18N2O. The van der Waals surface area contributed by atoms with Crippen LogP contribution in [0.2, 0.25) is 0 Å². The van der Waals surface area contributed by atoms with E-state index >= 15 is 0 Å². The van der Waals surface area contributed by atoms with Crippen LogP contribution in [0, 0.1) is 6.92 Å². The van der Waals surface area contributed by atoms with Crippen molar-refractivity contribution in [2.24, 2.45) is 5.10 Å². The summed E-state index contributed by atoms with van der Waals surface area (Å²) in [6.45, 7) is 3.86. The number of hydrogen-bond donors (Lipinski definition) is 1. The highest BCUT2D eigenvalue weighted by molar-refractivity contribution is 6.10. The first-order valence-corrected chi connectivity index (χ1v) is 7.54. The second-order valence-corrected chi connectivity index (χ2v) is 5.53. The summed E-state index contributed by atoms with van der Waals surface area (Å²) in [4.78, 5) is 12.2. The van der Waals surface area contributed by atoms with Crippen molar-refractivity contribution in [3.05, 3.63) is 83.4 Å². The van der Waals surface area contributed by atoms with Gasteiger partial charge < -0.3 is 0 Å². The van der Waals surface area contributed by atoms with Gasteiger partial charge in [-0.05, 0) is 36.8 Å². The van der Waals surface area contributed by atoms with Crippen LogP contribution < -0.4 is 5.43 Å². The molecule has 0 heterocycles. The predicted octanol–water partition coefficient (Wildman–Crippen LogP) is 4.30. The third-order valence-corrected chi connectivity index (χ3v) is 3.78. The molecule has 0 fully saturated rings. The van der Waals surface area contributed by atoms with Gasteiger partial charge in [-0.25, -0.2) is 5.43 Å². The Morgan fingerprint density at radius 2 is 1.70 bits per heavy atom. The van der Waals surface area contributed by atoms with Crippen LogP contribution in [0.4, 0.5) is 0 Å². The molecule has 114 valence electrons. The highest BCUT2D eigenvalue weighted by Crippen LogP contribution is 2.19. The number of fused-ring (bicyclic) bond motifs is 1. The minimum absolute atomic E-state index is 0.201. The summed E-state index contributed by atoms with van der Waals surface area (Å²) in [7, 11) is 0. The van der Waals surface area contributed by atoms with Gasteiger partial charge in [0.1, 0.15) is 0 Å². The monoisotopic (exact) mass is 302 g/mol. The Morgan fingerprint density at radius 3 is 2.52 bits per heavy atom. The average molecular weight is 302 g/mol. The first-order chi connectivity index (χ1) is 11.1. The molecule has 0 aromatic heterocycles. The summed E-state index contributed by atoms with van der Waals surface area (Å²) in [6, 6.07) is 21.7. The summed E-state index contributed by atoms with van der Waals surface area (Å²) in [6.07, 6.45) is 0. The molecule has 0 bridgehead atoms. The Labute approximate surface area is 135 Å². The van der Waals surface area contributed by atoms with Crippen molar-refractivity contribution in [3.63, 3.8) is 0 Å². The van der Waals surface area contributed by atoms with E-state index in [9.17, 15) is 4.79 Å². The van der Waals surface area contributed by atoms with E-state index in [0.29, 0.717) is 5.56 Å². The van der Waals surface area contributed by atoms with Gasteiger partial charge in [0.15, 0.2) is 0 Å². The van der Waals surface area contributed by atoms with Crippen molar-refractivity contribution < 1.29 is 4.79 Å². The number of nitrogens with one attached hydrogen (secondary N) is 1. The van der Waals surface area contributed by atoms with Crippen molar-refractivity contribution in [2.45, 2.75) is 13.8 Å². The molecule has 3 aromatic carbocycles. The fourth-order valence-electron chi connectivity index (χ4n) is 2.59. The number of benzene rings is 3. The molecule has 1 N–H and O–H groups in total.